The first-order valence-electron chi connectivity index (χ1n) is 6.02. The molecule has 0 amide bonds. The molecule has 1 aromatic heterocycles. The normalized spacial score (nSPS) is 11.9. The molecule has 0 atom stereocenters. The summed E-state index contributed by atoms with van der Waals surface area (Å²) in [5, 5.41) is 3.36. The molecule has 1 aromatic rings. The van der Waals surface area contributed by atoms with E-state index in [9.17, 15) is 0 Å². The second kappa shape index (κ2) is 6.26. The zero-order valence-electron chi connectivity index (χ0n) is 10.3. The lowest BCUT2D eigenvalue weighted by molar-refractivity contribution is 0.317. The number of hydrogen-bond donors (Lipinski definition) is 0. The molecule has 15 heavy (non-hydrogen) atoms. The van der Waals surface area contributed by atoms with Gasteiger partial charge in [0, 0.05) is 18.0 Å². The van der Waals surface area contributed by atoms with E-state index in [2.05, 4.69) is 31.1 Å². The van der Waals surface area contributed by atoms with Crippen LogP contribution in [0.2, 0.25) is 0 Å². The average molecular weight is 225 g/mol. The summed E-state index contributed by atoms with van der Waals surface area (Å²) in [7, 11) is 0. The fraction of sp³-hybridized carbons (Fsp3) is 0.769. The Morgan fingerprint density at radius 3 is 2.67 bits per heavy atom. The molecule has 0 spiro atoms. The van der Waals surface area contributed by atoms with Gasteiger partial charge >= 0.3 is 0 Å². The predicted octanol–water partition coefficient (Wildman–Crippen LogP) is 4.68. The lowest BCUT2D eigenvalue weighted by Gasteiger charge is -2.23. The lowest BCUT2D eigenvalue weighted by atomic mass is 9.84. The highest BCUT2D eigenvalue weighted by atomic mass is 32.1. The van der Waals surface area contributed by atoms with E-state index >= 15 is 0 Å². The van der Waals surface area contributed by atoms with Crippen molar-refractivity contribution in [2.45, 2.75) is 59.3 Å². The van der Waals surface area contributed by atoms with Gasteiger partial charge in [0.2, 0.25) is 0 Å². The van der Waals surface area contributed by atoms with Crippen molar-refractivity contribution in [2.24, 2.45) is 5.41 Å². The molecule has 1 rings (SSSR count). The first kappa shape index (κ1) is 12.7. The summed E-state index contributed by atoms with van der Waals surface area (Å²) in [6, 6.07) is 0. The van der Waals surface area contributed by atoms with Gasteiger partial charge in [-0.05, 0) is 11.8 Å². The molecule has 0 saturated heterocycles. The largest absolute Gasteiger partial charge is 0.250 e. The molecule has 0 radical (unpaired) electrons. The maximum Gasteiger partial charge on any atom is 0.0930 e. The molecular weight excluding hydrogens is 202 g/mol. The van der Waals surface area contributed by atoms with Crippen LogP contribution in [-0.2, 0) is 6.42 Å². The lowest BCUT2D eigenvalue weighted by Crippen LogP contribution is -2.14. The molecule has 0 aliphatic rings. The highest BCUT2D eigenvalue weighted by molar-refractivity contribution is 7.09. The monoisotopic (exact) mass is 225 g/mol. The Labute approximate surface area is 97.9 Å². The molecule has 0 bridgehead atoms. The standard InChI is InChI=1S/C13H23NS/c1-4-5-6-7-8-13(2,3)11-12-14-9-10-15-12/h9-10H,4-8,11H2,1-3H3. The van der Waals surface area contributed by atoms with Gasteiger partial charge in [0.05, 0.1) is 5.01 Å². The van der Waals surface area contributed by atoms with Crippen molar-refractivity contribution in [3.05, 3.63) is 16.6 Å². The summed E-state index contributed by atoms with van der Waals surface area (Å²) in [5.74, 6) is 0. The van der Waals surface area contributed by atoms with Crippen LogP contribution in [0.1, 0.15) is 57.9 Å². The van der Waals surface area contributed by atoms with Crippen LogP contribution >= 0.6 is 11.3 Å². The Balaban J connectivity index is 2.25. The van der Waals surface area contributed by atoms with Gasteiger partial charge in [-0.15, -0.1) is 11.3 Å². The van der Waals surface area contributed by atoms with E-state index in [1.165, 1.54) is 37.1 Å². The Kier molecular flexibility index (Phi) is 5.30. The number of aromatic nitrogens is 1. The van der Waals surface area contributed by atoms with Crippen molar-refractivity contribution in [1.82, 2.24) is 4.98 Å². The number of nitrogens with zero attached hydrogens (tertiary/aromatic N) is 1. The van der Waals surface area contributed by atoms with Gasteiger partial charge in [-0.25, -0.2) is 4.98 Å². The van der Waals surface area contributed by atoms with E-state index in [1.807, 2.05) is 6.20 Å². The third-order valence-corrected chi connectivity index (χ3v) is 3.60. The second-order valence-corrected chi connectivity index (χ2v) is 6.06. The zero-order chi connectivity index (χ0) is 11.1. The van der Waals surface area contributed by atoms with Gasteiger partial charge in [0.25, 0.3) is 0 Å². The molecule has 0 saturated carbocycles. The van der Waals surface area contributed by atoms with E-state index in [-0.39, 0.29) is 0 Å². The number of hydrogen-bond acceptors (Lipinski definition) is 2. The van der Waals surface area contributed by atoms with Crippen LogP contribution in [0, 0.1) is 5.41 Å². The fourth-order valence-corrected chi connectivity index (χ4v) is 2.74. The van der Waals surface area contributed by atoms with Crippen LogP contribution in [0.25, 0.3) is 0 Å². The molecule has 0 aromatic carbocycles. The Hall–Kier alpha value is -0.370. The molecule has 0 aliphatic carbocycles. The van der Waals surface area contributed by atoms with Crippen LogP contribution in [0.3, 0.4) is 0 Å². The number of unbranched alkanes of at least 4 members (excludes halogenated alkanes) is 3. The predicted molar refractivity (Wildman–Crippen MR) is 68.4 cm³/mol. The Bertz CT molecular complexity index is 252. The zero-order valence-corrected chi connectivity index (χ0v) is 11.1. The van der Waals surface area contributed by atoms with Gasteiger partial charge in [-0.2, -0.15) is 0 Å². The van der Waals surface area contributed by atoms with Gasteiger partial charge in [-0.1, -0.05) is 46.5 Å². The number of thiazole rings is 1. The van der Waals surface area contributed by atoms with Crippen LogP contribution in [0.5, 0.6) is 0 Å². The summed E-state index contributed by atoms with van der Waals surface area (Å²) >= 11 is 1.78. The smallest absolute Gasteiger partial charge is 0.0930 e. The summed E-state index contributed by atoms with van der Waals surface area (Å²) in [6.45, 7) is 6.99. The Morgan fingerprint density at radius 1 is 1.27 bits per heavy atom. The van der Waals surface area contributed by atoms with Crippen molar-refractivity contribution < 1.29 is 0 Å². The van der Waals surface area contributed by atoms with Crippen molar-refractivity contribution in [3.8, 4) is 0 Å². The minimum absolute atomic E-state index is 0.422. The van der Waals surface area contributed by atoms with Gasteiger partial charge < -0.3 is 0 Å². The van der Waals surface area contributed by atoms with Crippen molar-refractivity contribution in [2.75, 3.05) is 0 Å². The molecule has 0 fully saturated rings. The van der Waals surface area contributed by atoms with Crippen LogP contribution in [0.4, 0.5) is 0 Å². The first-order chi connectivity index (χ1) is 7.14. The van der Waals surface area contributed by atoms with Crippen molar-refractivity contribution >= 4 is 11.3 Å². The second-order valence-electron chi connectivity index (χ2n) is 5.08. The topological polar surface area (TPSA) is 12.9 Å². The van der Waals surface area contributed by atoms with Crippen LogP contribution in [-0.4, -0.2) is 4.98 Å². The maximum absolute atomic E-state index is 4.36. The molecular formula is C13H23NS. The molecule has 2 heteroatoms. The van der Waals surface area contributed by atoms with E-state index < -0.39 is 0 Å². The van der Waals surface area contributed by atoms with Gasteiger partial charge in [0.1, 0.15) is 0 Å². The molecule has 86 valence electrons. The fourth-order valence-electron chi connectivity index (χ4n) is 1.87. The van der Waals surface area contributed by atoms with E-state index in [0.717, 1.165) is 6.42 Å². The molecule has 1 nitrogen and oxygen atoms in total. The summed E-state index contributed by atoms with van der Waals surface area (Å²) in [5.41, 5.74) is 0.422. The first-order valence-corrected chi connectivity index (χ1v) is 6.90. The SMILES string of the molecule is CCCCCCC(C)(C)Cc1nccs1. The van der Waals surface area contributed by atoms with Crippen molar-refractivity contribution in [1.29, 1.82) is 0 Å². The quantitative estimate of drug-likeness (QED) is 0.614. The molecule has 0 unspecified atom stereocenters. The average Bonchev–Trinajstić information content (AvgIpc) is 2.64. The van der Waals surface area contributed by atoms with Gasteiger partial charge in [-0.3, -0.25) is 0 Å². The van der Waals surface area contributed by atoms with E-state index in [0.29, 0.717) is 5.41 Å². The van der Waals surface area contributed by atoms with E-state index in [1.54, 1.807) is 11.3 Å². The van der Waals surface area contributed by atoms with Crippen LogP contribution in [0.15, 0.2) is 11.6 Å². The van der Waals surface area contributed by atoms with Crippen LogP contribution < -0.4 is 0 Å². The minimum Gasteiger partial charge on any atom is -0.250 e. The van der Waals surface area contributed by atoms with Gasteiger partial charge in [0.15, 0.2) is 0 Å². The third kappa shape index (κ3) is 5.31. The maximum atomic E-state index is 4.36. The molecule has 0 N–H and O–H groups in total. The Morgan fingerprint density at radius 2 is 2.07 bits per heavy atom. The third-order valence-electron chi connectivity index (χ3n) is 2.82. The van der Waals surface area contributed by atoms with E-state index in [4.69, 9.17) is 0 Å². The summed E-state index contributed by atoms with van der Waals surface area (Å²) in [6.07, 6.45) is 9.83. The highest BCUT2D eigenvalue weighted by Crippen LogP contribution is 2.29. The van der Waals surface area contributed by atoms with Crippen molar-refractivity contribution in [3.63, 3.8) is 0 Å². The summed E-state index contributed by atoms with van der Waals surface area (Å²) < 4.78 is 0. The minimum atomic E-state index is 0.422. The molecule has 0 aliphatic heterocycles. The number of rotatable bonds is 7. The molecule has 1 heterocycles. The summed E-state index contributed by atoms with van der Waals surface area (Å²) in [4.78, 5) is 4.36. The highest BCUT2D eigenvalue weighted by Gasteiger charge is 2.19.